The maximum absolute atomic E-state index is 13.3. The van der Waals surface area contributed by atoms with E-state index in [1.165, 1.54) is 37.0 Å². The number of carbonyl (C=O) groups excluding carboxylic acids is 2. The van der Waals surface area contributed by atoms with E-state index in [1.807, 2.05) is 17.0 Å². The normalized spacial score (nSPS) is 27.5. The van der Waals surface area contributed by atoms with E-state index in [0.717, 1.165) is 32.2 Å². The topological polar surface area (TPSA) is 89.4 Å². The summed E-state index contributed by atoms with van der Waals surface area (Å²) < 4.78 is 0. The molecule has 1 aromatic rings. The van der Waals surface area contributed by atoms with Crippen LogP contribution in [0.2, 0.25) is 0 Å². The van der Waals surface area contributed by atoms with Gasteiger partial charge in [-0.15, -0.1) is 0 Å². The number of piperidine rings is 1. The van der Waals surface area contributed by atoms with Gasteiger partial charge in [-0.1, -0.05) is 38.2 Å². The van der Waals surface area contributed by atoms with Crippen LogP contribution >= 0.6 is 0 Å². The van der Waals surface area contributed by atoms with E-state index in [2.05, 4.69) is 10.3 Å². The molecule has 31 heavy (non-hydrogen) atoms. The largest absolute Gasteiger partial charge is 0.342 e. The molecule has 1 aromatic heterocycles. The molecule has 7 heteroatoms. The Morgan fingerprint density at radius 2 is 1.97 bits per heavy atom. The lowest BCUT2D eigenvalue weighted by Gasteiger charge is -2.38. The molecule has 1 aliphatic carbocycles. The average molecular weight is 426 g/mol. The Kier molecular flexibility index (Phi) is 6.58. The Morgan fingerprint density at radius 1 is 1.19 bits per heavy atom. The van der Waals surface area contributed by atoms with Crippen LogP contribution in [0, 0.1) is 17.2 Å². The van der Waals surface area contributed by atoms with Crippen LogP contribution in [-0.2, 0) is 4.79 Å². The molecular formula is C24H35N5O2. The predicted molar refractivity (Wildman–Crippen MR) is 120 cm³/mol. The van der Waals surface area contributed by atoms with Crippen molar-refractivity contribution in [3.05, 3.63) is 30.1 Å². The minimum absolute atomic E-state index is 0.0153. The highest BCUT2D eigenvalue weighted by atomic mass is 16.2. The van der Waals surface area contributed by atoms with E-state index >= 15 is 0 Å². The molecule has 3 fully saturated rings. The van der Waals surface area contributed by atoms with Gasteiger partial charge in [-0.3, -0.25) is 24.9 Å². The summed E-state index contributed by atoms with van der Waals surface area (Å²) in [4.78, 5) is 33.7. The number of rotatable bonds is 6. The number of nitrogens with zero attached hydrogens (tertiary/aromatic N) is 3. The molecule has 0 unspecified atom stereocenters. The summed E-state index contributed by atoms with van der Waals surface area (Å²) in [5, 5.41) is 11.5. The molecule has 3 heterocycles. The number of hydrogen-bond donors (Lipinski definition) is 2. The van der Waals surface area contributed by atoms with Gasteiger partial charge < -0.3 is 10.2 Å². The van der Waals surface area contributed by atoms with E-state index in [-0.39, 0.29) is 23.7 Å². The van der Waals surface area contributed by atoms with Gasteiger partial charge >= 0.3 is 0 Å². The van der Waals surface area contributed by atoms with E-state index in [9.17, 15) is 9.59 Å². The maximum atomic E-state index is 13.3. The third-order valence-corrected chi connectivity index (χ3v) is 7.44. The maximum Gasteiger partial charge on any atom is 0.272 e. The summed E-state index contributed by atoms with van der Waals surface area (Å²) in [6.45, 7) is 1.38. The number of hydrogen-bond acceptors (Lipinski definition) is 4. The van der Waals surface area contributed by atoms with Gasteiger partial charge in [-0.2, -0.15) is 0 Å². The van der Waals surface area contributed by atoms with Gasteiger partial charge in [0.1, 0.15) is 11.2 Å². The third-order valence-electron chi connectivity index (χ3n) is 7.44. The number of amides is 2. The van der Waals surface area contributed by atoms with Crippen molar-refractivity contribution in [2.24, 2.45) is 11.8 Å². The van der Waals surface area contributed by atoms with Crippen LogP contribution in [0.3, 0.4) is 0 Å². The third kappa shape index (κ3) is 4.75. The van der Waals surface area contributed by atoms with Gasteiger partial charge in [0.2, 0.25) is 0 Å². The molecule has 2 N–H and O–H groups in total. The molecule has 168 valence electrons. The van der Waals surface area contributed by atoms with E-state index in [4.69, 9.17) is 5.41 Å². The molecule has 2 saturated heterocycles. The molecule has 0 spiro atoms. The monoisotopic (exact) mass is 425 g/mol. The predicted octanol–water partition coefficient (Wildman–Crippen LogP) is 3.42. The molecule has 0 aromatic carbocycles. The Balaban J connectivity index is 1.45. The van der Waals surface area contributed by atoms with Gasteiger partial charge in [0, 0.05) is 26.3 Å². The summed E-state index contributed by atoms with van der Waals surface area (Å²) in [6, 6.07) is 5.41. The first kappa shape index (κ1) is 21.8. The zero-order valence-corrected chi connectivity index (χ0v) is 18.6. The minimum Gasteiger partial charge on any atom is -0.342 e. The van der Waals surface area contributed by atoms with E-state index in [0.29, 0.717) is 24.6 Å². The molecule has 2 amide bonds. The highest BCUT2D eigenvalue weighted by Crippen LogP contribution is 2.36. The van der Waals surface area contributed by atoms with Gasteiger partial charge in [0.05, 0.1) is 0 Å². The fourth-order valence-corrected chi connectivity index (χ4v) is 5.68. The van der Waals surface area contributed by atoms with Crippen molar-refractivity contribution in [1.29, 1.82) is 5.41 Å². The van der Waals surface area contributed by atoms with Crippen molar-refractivity contribution in [2.45, 2.75) is 69.7 Å². The zero-order chi connectivity index (χ0) is 21.8. The van der Waals surface area contributed by atoms with E-state index in [1.54, 1.807) is 19.3 Å². The van der Waals surface area contributed by atoms with Gasteiger partial charge in [0.25, 0.3) is 11.8 Å². The molecule has 0 bridgehead atoms. The SMILES string of the molecule is CN1C(=N)N[C@@](CCC2CCCCC2)(C[C@@H]2CCCN(C(=O)c3ccccn3)C2)C1=O. The van der Waals surface area contributed by atoms with Crippen molar-refractivity contribution >= 4 is 17.8 Å². The lowest BCUT2D eigenvalue weighted by molar-refractivity contribution is -0.131. The second-order valence-corrected chi connectivity index (χ2v) is 9.64. The Morgan fingerprint density at radius 3 is 2.65 bits per heavy atom. The summed E-state index contributed by atoms with van der Waals surface area (Å²) in [5.41, 5.74) is -0.225. The fraction of sp³-hybridized carbons (Fsp3) is 0.667. The van der Waals surface area contributed by atoms with Crippen LogP contribution in [0.15, 0.2) is 24.4 Å². The van der Waals surface area contributed by atoms with Gasteiger partial charge in [-0.05, 0) is 56.1 Å². The Hall–Kier alpha value is -2.44. The fourth-order valence-electron chi connectivity index (χ4n) is 5.68. The summed E-state index contributed by atoms with van der Waals surface area (Å²) >= 11 is 0. The first-order chi connectivity index (χ1) is 15.0. The highest BCUT2D eigenvalue weighted by molar-refractivity contribution is 6.07. The van der Waals surface area contributed by atoms with Crippen LogP contribution in [0.4, 0.5) is 0 Å². The Labute approximate surface area is 185 Å². The number of aromatic nitrogens is 1. The van der Waals surface area contributed by atoms with Crippen molar-refractivity contribution in [1.82, 2.24) is 20.1 Å². The van der Waals surface area contributed by atoms with Crippen LogP contribution < -0.4 is 5.32 Å². The van der Waals surface area contributed by atoms with Crippen LogP contribution in [-0.4, -0.2) is 58.2 Å². The second-order valence-electron chi connectivity index (χ2n) is 9.64. The van der Waals surface area contributed by atoms with Crippen molar-refractivity contribution < 1.29 is 9.59 Å². The highest BCUT2D eigenvalue weighted by Gasteiger charge is 2.49. The lowest BCUT2D eigenvalue weighted by Crippen LogP contribution is -2.51. The molecule has 2 atom stereocenters. The molecule has 3 aliphatic rings. The van der Waals surface area contributed by atoms with E-state index < -0.39 is 5.54 Å². The van der Waals surface area contributed by atoms with Gasteiger partial charge in [-0.25, -0.2) is 0 Å². The summed E-state index contributed by atoms with van der Waals surface area (Å²) in [5.74, 6) is 1.11. The average Bonchev–Trinajstić information content (AvgIpc) is 3.02. The first-order valence-electron chi connectivity index (χ1n) is 11.8. The minimum atomic E-state index is -0.703. The first-order valence-corrected chi connectivity index (χ1v) is 11.8. The van der Waals surface area contributed by atoms with Crippen LogP contribution in [0.25, 0.3) is 0 Å². The molecule has 7 nitrogen and oxygen atoms in total. The molecule has 2 aliphatic heterocycles. The number of pyridine rings is 1. The second kappa shape index (κ2) is 9.37. The summed E-state index contributed by atoms with van der Waals surface area (Å²) in [6.07, 6.45) is 12.5. The number of carbonyl (C=O) groups is 2. The number of nitrogens with one attached hydrogen (secondary N) is 2. The number of likely N-dealkylation sites (N-methyl/N-ethyl adjacent to an activating group) is 1. The molecule has 0 radical (unpaired) electrons. The van der Waals surface area contributed by atoms with Crippen LogP contribution in [0.1, 0.15) is 74.7 Å². The smallest absolute Gasteiger partial charge is 0.272 e. The lowest BCUT2D eigenvalue weighted by atomic mass is 9.77. The molecule has 4 rings (SSSR count). The Bertz CT molecular complexity index is 807. The number of likely N-dealkylation sites (tertiary alicyclic amines) is 1. The molecular weight excluding hydrogens is 390 g/mol. The standard InChI is InChI=1S/C24H35N5O2/c1-28-22(31)24(27-23(28)25,13-12-18-8-3-2-4-9-18)16-19-10-7-15-29(17-19)21(30)20-11-5-6-14-26-20/h5-6,11,14,18-19H,2-4,7-10,12-13,15-17H2,1H3,(H2,25,27)/t19-,24-/m0/s1. The summed E-state index contributed by atoms with van der Waals surface area (Å²) in [7, 11) is 1.69. The molecule has 1 saturated carbocycles. The zero-order valence-electron chi connectivity index (χ0n) is 18.6. The van der Waals surface area contributed by atoms with Crippen molar-refractivity contribution in [3.63, 3.8) is 0 Å². The number of guanidine groups is 1. The van der Waals surface area contributed by atoms with Crippen molar-refractivity contribution in [3.8, 4) is 0 Å². The van der Waals surface area contributed by atoms with Crippen LogP contribution in [0.5, 0.6) is 0 Å². The van der Waals surface area contributed by atoms with Gasteiger partial charge in [0.15, 0.2) is 5.96 Å². The van der Waals surface area contributed by atoms with Crippen molar-refractivity contribution in [2.75, 3.05) is 20.1 Å². The quantitative estimate of drug-likeness (QED) is 0.731.